The molecular formula is C18H19N5O. The van der Waals surface area contributed by atoms with Gasteiger partial charge in [-0.1, -0.05) is 24.3 Å². The van der Waals surface area contributed by atoms with Crippen LogP contribution in [-0.2, 0) is 4.79 Å². The molecule has 3 N–H and O–H groups in total. The smallest absolute Gasteiger partial charge is 0.278 e. The summed E-state index contributed by atoms with van der Waals surface area (Å²) in [5.74, 6) is -0.484. The number of nitrogens with one attached hydrogen (secondary N) is 1. The molecule has 122 valence electrons. The van der Waals surface area contributed by atoms with Crippen LogP contribution in [-0.4, -0.2) is 23.3 Å². The number of para-hydroxylation sites is 1. The lowest BCUT2D eigenvalue weighted by Crippen LogP contribution is -2.18. The molecule has 6 heteroatoms. The van der Waals surface area contributed by atoms with Gasteiger partial charge in [-0.15, -0.1) is 0 Å². The van der Waals surface area contributed by atoms with Gasteiger partial charge in [0.05, 0.1) is 0 Å². The Morgan fingerprint density at radius 1 is 1.25 bits per heavy atom. The molecular weight excluding hydrogens is 302 g/mol. The summed E-state index contributed by atoms with van der Waals surface area (Å²) < 4.78 is 0. The zero-order chi connectivity index (χ0) is 17.5. The first-order valence-electron chi connectivity index (χ1n) is 7.32. The number of aliphatic imine (C=N–C) groups is 2. The molecule has 1 amide bonds. The van der Waals surface area contributed by atoms with E-state index in [-0.39, 0.29) is 11.5 Å². The van der Waals surface area contributed by atoms with E-state index in [0.717, 1.165) is 11.1 Å². The molecule has 2 rings (SSSR count). The Hall–Kier alpha value is -3.28. The van der Waals surface area contributed by atoms with E-state index in [1.807, 2.05) is 31.2 Å². The zero-order valence-electron chi connectivity index (χ0n) is 13.7. The summed E-state index contributed by atoms with van der Waals surface area (Å²) in [6.45, 7) is 7.05. The average molecular weight is 321 g/mol. The molecule has 6 nitrogen and oxygen atoms in total. The summed E-state index contributed by atoms with van der Waals surface area (Å²) >= 11 is 0. The van der Waals surface area contributed by atoms with Crippen molar-refractivity contribution in [2.45, 2.75) is 13.8 Å². The summed E-state index contributed by atoms with van der Waals surface area (Å²) in [6, 6.07) is 11.1. The van der Waals surface area contributed by atoms with Crippen LogP contribution in [0.5, 0.6) is 0 Å². The second-order valence-electron chi connectivity index (χ2n) is 5.10. The van der Waals surface area contributed by atoms with Gasteiger partial charge in [-0.25, -0.2) is 9.98 Å². The molecule has 0 atom stereocenters. The summed E-state index contributed by atoms with van der Waals surface area (Å²) in [6.07, 6.45) is 3.32. The van der Waals surface area contributed by atoms with Gasteiger partial charge in [-0.2, -0.15) is 0 Å². The minimum absolute atomic E-state index is 0.00889. The quantitative estimate of drug-likeness (QED) is 0.655. The topological polar surface area (TPSA) is 92.7 Å². The number of nitrogens with two attached hydrogens (primary N) is 1. The highest BCUT2D eigenvalue weighted by molar-refractivity contribution is 6.08. The highest BCUT2D eigenvalue weighted by Crippen LogP contribution is 2.16. The van der Waals surface area contributed by atoms with Gasteiger partial charge in [0.25, 0.3) is 5.91 Å². The largest absolute Gasteiger partial charge is 0.382 e. The normalized spacial score (nSPS) is 12.3. The minimum atomic E-state index is -0.447. The number of hydrogen-bond donors (Lipinski definition) is 2. The van der Waals surface area contributed by atoms with Crippen molar-refractivity contribution in [3.63, 3.8) is 0 Å². The Balaban J connectivity index is 2.35. The van der Waals surface area contributed by atoms with E-state index in [0.29, 0.717) is 11.4 Å². The van der Waals surface area contributed by atoms with E-state index < -0.39 is 5.91 Å². The minimum Gasteiger partial charge on any atom is -0.382 e. The van der Waals surface area contributed by atoms with Gasteiger partial charge in [0.2, 0.25) is 0 Å². The predicted octanol–water partition coefficient (Wildman–Crippen LogP) is 2.67. The first kappa shape index (κ1) is 17.1. The first-order valence-corrected chi connectivity index (χ1v) is 7.32. The number of nitrogens with zero attached hydrogens (tertiary/aromatic N) is 3. The van der Waals surface area contributed by atoms with Gasteiger partial charge >= 0.3 is 0 Å². The van der Waals surface area contributed by atoms with Crippen LogP contribution in [0.2, 0.25) is 0 Å². The fourth-order valence-electron chi connectivity index (χ4n) is 2.00. The van der Waals surface area contributed by atoms with Crippen molar-refractivity contribution in [3.05, 3.63) is 71.4 Å². The Morgan fingerprint density at radius 3 is 2.62 bits per heavy atom. The van der Waals surface area contributed by atoms with Gasteiger partial charge in [-0.3, -0.25) is 9.78 Å². The number of aromatic nitrogens is 1. The Labute approximate surface area is 140 Å². The van der Waals surface area contributed by atoms with Crippen LogP contribution in [0.1, 0.15) is 18.1 Å². The van der Waals surface area contributed by atoms with Crippen molar-refractivity contribution in [2.75, 3.05) is 5.32 Å². The fourth-order valence-corrected chi connectivity index (χ4v) is 2.00. The number of amides is 1. The molecule has 24 heavy (non-hydrogen) atoms. The first-order chi connectivity index (χ1) is 11.5. The SMILES string of the molecule is C=N/C(N)=C(\N=C(C)c1cccnc1)C(=O)Nc1ccccc1C. The summed E-state index contributed by atoms with van der Waals surface area (Å²) in [7, 11) is 0. The molecule has 0 saturated carbocycles. The van der Waals surface area contributed by atoms with Gasteiger partial charge in [0, 0.05) is 29.4 Å². The third-order valence-corrected chi connectivity index (χ3v) is 3.38. The van der Waals surface area contributed by atoms with Crippen LogP contribution in [0.15, 0.2) is 70.3 Å². The second kappa shape index (κ2) is 7.82. The molecule has 0 aliphatic rings. The van der Waals surface area contributed by atoms with Crippen molar-refractivity contribution < 1.29 is 4.79 Å². The van der Waals surface area contributed by atoms with Crippen LogP contribution < -0.4 is 11.1 Å². The van der Waals surface area contributed by atoms with E-state index in [9.17, 15) is 4.79 Å². The molecule has 0 fully saturated rings. The zero-order valence-corrected chi connectivity index (χ0v) is 13.7. The Morgan fingerprint density at radius 2 is 2.00 bits per heavy atom. The second-order valence-corrected chi connectivity index (χ2v) is 5.10. The molecule has 0 aliphatic heterocycles. The highest BCUT2D eigenvalue weighted by Gasteiger charge is 2.15. The van der Waals surface area contributed by atoms with E-state index in [2.05, 4.69) is 27.0 Å². The number of benzene rings is 1. The lowest BCUT2D eigenvalue weighted by Gasteiger charge is -2.10. The number of carbonyl (C=O) groups excluding carboxylic acids is 1. The van der Waals surface area contributed by atoms with Crippen LogP contribution in [0.3, 0.4) is 0 Å². The third-order valence-electron chi connectivity index (χ3n) is 3.38. The molecule has 1 aromatic heterocycles. The van der Waals surface area contributed by atoms with E-state index in [1.165, 1.54) is 0 Å². The maximum atomic E-state index is 12.6. The molecule has 0 aliphatic carbocycles. The predicted molar refractivity (Wildman–Crippen MR) is 97.0 cm³/mol. The van der Waals surface area contributed by atoms with Gasteiger partial charge in [-0.05, 0) is 38.3 Å². The monoisotopic (exact) mass is 321 g/mol. The lowest BCUT2D eigenvalue weighted by atomic mass is 10.2. The van der Waals surface area contributed by atoms with Crippen molar-refractivity contribution >= 4 is 24.0 Å². The van der Waals surface area contributed by atoms with E-state index in [1.54, 1.807) is 31.5 Å². The number of rotatable bonds is 5. The number of hydrogen-bond acceptors (Lipinski definition) is 5. The van der Waals surface area contributed by atoms with Crippen LogP contribution in [0.25, 0.3) is 0 Å². The molecule has 2 aromatic rings. The van der Waals surface area contributed by atoms with Crippen molar-refractivity contribution in [2.24, 2.45) is 15.7 Å². The van der Waals surface area contributed by atoms with Crippen molar-refractivity contribution in [1.82, 2.24) is 4.98 Å². The number of pyridine rings is 1. The average Bonchev–Trinajstić information content (AvgIpc) is 2.61. The van der Waals surface area contributed by atoms with Crippen molar-refractivity contribution in [3.8, 4) is 0 Å². The molecule has 0 spiro atoms. The van der Waals surface area contributed by atoms with Gasteiger partial charge in [0.15, 0.2) is 11.5 Å². The van der Waals surface area contributed by atoms with Crippen LogP contribution in [0.4, 0.5) is 5.69 Å². The highest BCUT2D eigenvalue weighted by atomic mass is 16.2. The molecule has 1 aromatic carbocycles. The summed E-state index contributed by atoms with van der Waals surface area (Å²) in [5, 5.41) is 2.80. The number of anilines is 1. The Kier molecular flexibility index (Phi) is 5.57. The Bertz CT molecular complexity index is 809. The van der Waals surface area contributed by atoms with Crippen LogP contribution >= 0.6 is 0 Å². The van der Waals surface area contributed by atoms with Crippen LogP contribution in [0, 0.1) is 6.92 Å². The van der Waals surface area contributed by atoms with Gasteiger partial charge in [0.1, 0.15) is 0 Å². The third kappa shape index (κ3) is 4.13. The standard InChI is InChI=1S/C18H19N5O/c1-12-7-4-5-9-15(12)23-18(24)16(17(19)20-3)22-13(2)14-8-6-10-21-11-14/h4-11H,3,19H2,1-2H3,(H,23,24)/b17-16-,22-13?. The summed E-state index contributed by atoms with van der Waals surface area (Å²) in [4.78, 5) is 24.6. The summed E-state index contributed by atoms with van der Waals surface area (Å²) in [5.41, 5.74) is 8.82. The number of carbonyl (C=O) groups is 1. The van der Waals surface area contributed by atoms with Gasteiger partial charge < -0.3 is 11.1 Å². The maximum Gasteiger partial charge on any atom is 0.278 e. The maximum absolute atomic E-state index is 12.6. The lowest BCUT2D eigenvalue weighted by molar-refractivity contribution is -0.112. The number of aryl methyl sites for hydroxylation is 1. The van der Waals surface area contributed by atoms with Crippen molar-refractivity contribution in [1.29, 1.82) is 0 Å². The molecule has 0 unspecified atom stereocenters. The molecule has 0 saturated heterocycles. The molecule has 0 bridgehead atoms. The molecule has 0 radical (unpaired) electrons. The van der Waals surface area contributed by atoms with E-state index in [4.69, 9.17) is 5.73 Å². The van der Waals surface area contributed by atoms with E-state index >= 15 is 0 Å². The fraction of sp³-hybridized carbons (Fsp3) is 0.111. The molecule has 1 heterocycles.